The summed E-state index contributed by atoms with van der Waals surface area (Å²) in [6.07, 6.45) is 0. The Hall–Kier alpha value is -9.90. The van der Waals surface area contributed by atoms with E-state index in [1.807, 2.05) is 0 Å². The third-order valence-corrected chi connectivity index (χ3v) is 15.2. The summed E-state index contributed by atoms with van der Waals surface area (Å²) >= 11 is 0. The Bertz CT molecular complexity index is 4390. The summed E-state index contributed by atoms with van der Waals surface area (Å²) in [6, 6.07) is 102. The molecule has 4 nitrogen and oxygen atoms in total. The van der Waals surface area contributed by atoms with Crippen molar-refractivity contribution in [1.29, 1.82) is 0 Å². The summed E-state index contributed by atoms with van der Waals surface area (Å²) in [5, 5.41) is 14.4. The van der Waals surface area contributed by atoms with Crippen LogP contribution in [0.15, 0.2) is 279 Å². The zero-order valence-corrected chi connectivity index (χ0v) is 40.3. The van der Waals surface area contributed by atoms with Crippen molar-refractivity contribution in [3.05, 3.63) is 279 Å². The van der Waals surface area contributed by atoms with Crippen molar-refractivity contribution < 1.29 is 0 Å². The topological polar surface area (TPSA) is 16.3 Å². The van der Waals surface area contributed by atoms with Crippen LogP contribution in [0.25, 0.3) is 98.1 Å². The molecule has 0 saturated heterocycles. The monoisotopic (exact) mass is 942 g/mol. The van der Waals surface area contributed by atoms with E-state index in [0.717, 1.165) is 45.2 Å². The van der Waals surface area contributed by atoms with Gasteiger partial charge in [-0.25, -0.2) is 0 Å². The average molecular weight is 943 g/mol. The molecule has 0 amide bonds. The molecule has 15 aromatic rings. The van der Waals surface area contributed by atoms with E-state index in [-0.39, 0.29) is 0 Å². The molecule has 0 saturated carbocycles. The Labute approximate surface area is 428 Å². The van der Waals surface area contributed by atoms with Crippen molar-refractivity contribution in [3.8, 4) is 11.4 Å². The van der Waals surface area contributed by atoms with Gasteiger partial charge in [0.1, 0.15) is 0 Å². The molecule has 0 aliphatic heterocycles. The second kappa shape index (κ2) is 16.9. The standard InChI is InChI=1S/C70H46N4/c1-5-28-55-47(18-1)22-13-36-63(55)71(53-40-42-69-61(45-53)59-32-9-11-34-67(59)73(69)65-38-15-24-49-20-3-7-30-57(49)65)51-26-17-27-52(44-51)72(64-37-14-23-48-19-2-6-29-56(48)64)54-41-43-70-62(46-54)60-33-10-12-35-68(60)74(70)66-39-16-25-50-21-4-8-31-58(50)66/h1-46H. The van der Waals surface area contributed by atoms with Crippen molar-refractivity contribution >= 4 is 121 Å². The third-order valence-electron chi connectivity index (χ3n) is 15.2. The number of fused-ring (bicyclic) bond motifs is 10. The summed E-state index contributed by atoms with van der Waals surface area (Å²) in [7, 11) is 0. The van der Waals surface area contributed by atoms with Crippen LogP contribution < -0.4 is 9.80 Å². The smallest absolute Gasteiger partial charge is 0.0542 e. The van der Waals surface area contributed by atoms with Gasteiger partial charge >= 0.3 is 0 Å². The number of hydrogen-bond donors (Lipinski definition) is 0. The lowest BCUT2D eigenvalue weighted by molar-refractivity contribution is 1.19. The zero-order chi connectivity index (χ0) is 48.7. The molecule has 346 valence electrons. The molecule has 0 aliphatic rings. The van der Waals surface area contributed by atoms with Crippen LogP contribution in [-0.2, 0) is 0 Å². The van der Waals surface area contributed by atoms with E-state index in [1.54, 1.807) is 0 Å². The molecule has 4 heteroatoms. The maximum absolute atomic E-state index is 2.46. The number of nitrogens with zero attached hydrogens (tertiary/aromatic N) is 4. The average Bonchev–Trinajstić information content (AvgIpc) is 3.98. The lowest BCUT2D eigenvalue weighted by Crippen LogP contribution is -2.14. The van der Waals surface area contributed by atoms with Crippen molar-refractivity contribution in [3.63, 3.8) is 0 Å². The minimum absolute atomic E-state index is 1.05. The number of para-hydroxylation sites is 2. The predicted octanol–water partition coefficient (Wildman–Crippen LogP) is 19.4. The van der Waals surface area contributed by atoms with Gasteiger partial charge in [-0.3, -0.25) is 0 Å². The van der Waals surface area contributed by atoms with E-state index in [2.05, 4.69) is 298 Å². The number of rotatable bonds is 8. The summed E-state index contributed by atoms with van der Waals surface area (Å²) in [6.45, 7) is 0. The van der Waals surface area contributed by atoms with E-state index in [4.69, 9.17) is 0 Å². The first kappa shape index (κ1) is 41.8. The molecular formula is C70H46N4. The second-order valence-corrected chi connectivity index (χ2v) is 19.3. The Morgan fingerprint density at radius 2 is 0.514 bits per heavy atom. The first-order valence-electron chi connectivity index (χ1n) is 25.4. The van der Waals surface area contributed by atoms with Crippen LogP contribution in [0.4, 0.5) is 34.1 Å². The van der Waals surface area contributed by atoms with Crippen LogP contribution in [-0.4, -0.2) is 9.13 Å². The number of hydrogen-bond acceptors (Lipinski definition) is 2. The van der Waals surface area contributed by atoms with Crippen molar-refractivity contribution in [1.82, 2.24) is 9.13 Å². The summed E-state index contributed by atoms with van der Waals surface area (Å²) in [4.78, 5) is 4.91. The third kappa shape index (κ3) is 6.55. The molecule has 2 heterocycles. The van der Waals surface area contributed by atoms with Gasteiger partial charge in [-0.2, -0.15) is 0 Å². The van der Waals surface area contributed by atoms with E-state index in [9.17, 15) is 0 Å². The van der Waals surface area contributed by atoms with Gasteiger partial charge in [-0.15, -0.1) is 0 Å². The minimum atomic E-state index is 1.05. The maximum atomic E-state index is 2.46. The Morgan fingerprint density at radius 1 is 0.203 bits per heavy atom. The molecule has 0 fully saturated rings. The summed E-state index contributed by atoms with van der Waals surface area (Å²) in [5.41, 5.74) is 13.5. The van der Waals surface area contributed by atoms with Gasteiger partial charge in [0.25, 0.3) is 0 Å². The molecule has 0 unspecified atom stereocenters. The lowest BCUT2D eigenvalue weighted by Gasteiger charge is -2.30. The highest BCUT2D eigenvalue weighted by Crippen LogP contribution is 2.47. The second-order valence-electron chi connectivity index (χ2n) is 19.3. The van der Waals surface area contributed by atoms with Crippen LogP contribution in [0.5, 0.6) is 0 Å². The highest BCUT2D eigenvalue weighted by molar-refractivity contribution is 6.14. The molecule has 0 bridgehead atoms. The van der Waals surface area contributed by atoms with Gasteiger partial charge < -0.3 is 18.9 Å². The molecule has 13 aromatic carbocycles. The van der Waals surface area contributed by atoms with Gasteiger partial charge in [0.15, 0.2) is 0 Å². The van der Waals surface area contributed by atoms with Crippen molar-refractivity contribution in [2.75, 3.05) is 9.80 Å². The van der Waals surface area contributed by atoms with Crippen LogP contribution in [0.1, 0.15) is 0 Å². The quantitative estimate of drug-likeness (QED) is 0.151. The first-order valence-corrected chi connectivity index (χ1v) is 25.4. The summed E-state index contributed by atoms with van der Waals surface area (Å²) in [5.74, 6) is 0. The van der Waals surface area contributed by atoms with Crippen LogP contribution in [0.3, 0.4) is 0 Å². The van der Waals surface area contributed by atoms with E-state index >= 15 is 0 Å². The molecule has 0 N–H and O–H groups in total. The van der Waals surface area contributed by atoms with E-state index in [0.29, 0.717) is 0 Å². The predicted molar refractivity (Wildman–Crippen MR) is 315 cm³/mol. The van der Waals surface area contributed by atoms with Crippen LogP contribution in [0, 0.1) is 0 Å². The normalized spacial score (nSPS) is 11.8. The Kier molecular flexibility index (Phi) is 9.54. The fourth-order valence-corrected chi connectivity index (χ4v) is 12.0. The lowest BCUT2D eigenvalue weighted by atomic mass is 10.0. The molecule has 0 atom stereocenters. The largest absolute Gasteiger partial charge is 0.310 e. The van der Waals surface area contributed by atoms with E-state index < -0.39 is 0 Å². The van der Waals surface area contributed by atoms with Gasteiger partial charge in [0.05, 0.1) is 44.8 Å². The first-order chi connectivity index (χ1) is 36.7. The SMILES string of the molecule is c1cc(N(c2ccc3c(c2)c2ccccc2n3-c2cccc3ccccc23)c2cccc3ccccc23)cc(N(c2ccc3c(c2)c2ccccc2n3-c2cccc3ccccc23)c2cccc3ccccc23)c1. The van der Waals surface area contributed by atoms with Gasteiger partial charge in [-0.1, -0.05) is 188 Å². The number of benzene rings is 13. The Balaban J connectivity index is 0.957. The molecule has 15 rings (SSSR count). The van der Waals surface area contributed by atoms with Crippen LogP contribution in [0.2, 0.25) is 0 Å². The highest BCUT2D eigenvalue weighted by Gasteiger charge is 2.24. The number of anilines is 6. The molecule has 0 radical (unpaired) electrons. The Morgan fingerprint density at radius 3 is 0.959 bits per heavy atom. The zero-order valence-electron chi connectivity index (χ0n) is 40.3. The maximum Gasteiger partial charge on any atom is 0.0542 e. The molecule has 2 aromatic heterocycles. The fraction of sp³-hybridized carbons (Fsp3) is 0. The molecule has 0 spiro atoms. The number of aromatic nitrogens is 2. The van der Waals surface area contributed by atoms with E-state index in [1.165, 1.54) is 87.0 Å². The van der Waals surface area contributed by atoms with Crippen molar-refractivity contribution in [2.24, 2.45) is 0 Å². The molecule has 74 heavy (non-hydrogen) atoms. The minimum Gasteiger partial charge on any atom is -0.310 e. The van der Waals surface area contributed by atoms with Gasteiger partial charge in [-0.05, 0) is 113 Å². The van der Waals surface area contributed by atoms with Crippen molar-refractivity contribution in [2.45, 2.75) is 0 Å². The van der Waals surface area contributed by atoms with Crippen LogP contribution >= 0.6 is 0 Å². The molecule has 0 aliphatic carbocycles. The fourth-order valence-electron chi connectivity index (χ4n) is 12.0. The highest BCUT2D eigenvalue weighted by atomic mass is 15.2. The van der Waals surface area contributed by atoms with Gasteiger partial charge in [0.2, 0.25) is 0 Å². The summed E-state index contributed by atoms with van der Waals surface area (Å²) < 4.78 is 4.88. The molecular weight excluding hydrogens is 897 g/mol. The van der Waals surface area contributed by atoms with Gasteiger partial charge in [0, 0.05) is 65.8 Å².